The van der Waals surface area contributed by atoms with E-state index < -0.39 is 0 Å². The van der Waals surface area contributed by atoms with Gasteiger partial charge in [-0.3, -0.25) is 9.59 Å². The summed E-state index contributed by atoms with van der Waals surface area (Å²) in [6, 6.07) is 16.2. The van der Waals surface area contributed by atoms with Crippen LogP contribution in [0.25, 0.3) is 0 Å². The minimum atomic E-state index is -0.287. The van der Waals surface area contributed by atoms with Gasteiger partial charge in [0, 0.05) is 30.9 Å². The Morgan fingerprint density at radius 1 is 0.680 bits per heavy atom. The van der Waals surface area contributed by atoms with Crippen molar-refractivity contribution in [3.05, 3.63) is 84.0 Å². The molecule has 124 valence electrons. The molecule has 2 heterocycles. The molecular weight excluding hydrogens is 312 g/mol. The third kappa shape index (κ3) is 3.11. The highest BCUT2D eigenvalue weighted by Crippen LogP contribution is 2.22. The predicted octanol–water partition coefficient (Wildman–Crippen LogP) is 3.08. The van der Waals surface area contributed by atoms with Crippen LogP contribution in [0, 0.1) is 0 Å². The van der Waals surface area contributed by atoms with Crippen molar-refractivity contribution in [1.82, 2.24) is 0 Å². The zero-order valence-electron chi connectivity index (χ0n) is 13.8. The van der Waals surface area contributed by atoms with Gasteiger partial charge in [-0.25, -0.2) is 4.90 Å². The quantitative estimate of drug-likeness (QED) is 0.639. The lowest BCUT2D eigenvalue weighted by Crippen LogP contribution is -2.29. The number of hydrogen-bond acceptors (Lipinski definition) is 3. The number of carbonyl (C=O) groups is 2. The Morgan fingerprint density at radius 3 is 1.68 bits per heavy atom. The molecule has 2 aromatic rings. The summed E-state index contributed by atoms with van der Waals surface area (Å²) >= 11 is 0. The first-order chi connectivity index (χ1) is 12.2. The molecule has 2 aliphatic rings. The second-order valence-corrected chi connectivity index (χ2v) is 6.23. The molecule has 0 saturated heterocycles. The van der Waals surface area contributed by atoms with E-state index in [9.17, 15) is 9.59 Å². The first-order valence-electron chi connectivity index (χ1n) is 8.35. The lowest BCUT2D eigenvalue weighted by molar-refractivity contribution is -0.119. The summed E-state index contributed by atoms with van der Waals surface area (Å²) in [6.45, 7) is 1.95. The second-order valence-electron chi connectivity index (χ2n) is 6.23. The summed E-state index contributed by atoms with van der Waals surface area (Å²) in [4.78, 5) is 26.9. The van der Waals surface area contributed by atoms with Crippen molar-refractivity contribution in [3.8, 4) is 0 Å². The average molecular weight is 330 g/mol. The van der Waals surface area contributed by atoms with Crippen LogP contribution in [0.2, 0.25) is 0 Å². The molecule has 0 saturated carbocycles. The van der Waals surface area contributed by atoms with Crippen molar-refractivity contribution in [2.24, 2.45) is 0 Å². The lowest BCUT2D eigenvalue weighted by Gasteiger charge is -2.18. The van der Waals surface area contributed by atoms with Gasteiger partial charge in [-0.1, -0.05) is 36.4 Å². The first-order valence-corrected chi connectivity index (χ1v) is 8.35. The highest BCUT2D eigenvalue weighted by molar-refractivity contribution is 6.28. The van der Waals surface area contributed by atoms with Gasteiger partial charge >= 0.3 is 0 Å². The molecule has 4 nitrogen and oxygen atoms in total. The monoisotopic (exact) mass is 330 g/mol. The number of amides is 2. The minimum absolute atomic E-state index is 0.287. The molecule has 25 heavy (non-hydrogen) atoms. The minimum Gasteiger partial charge on any atom is -0.364 e. The highest BCUT2D eigenvalue weighted by atomic mass is 16.2. The van der Waals surface area contributed by atoms with E-state index in [0.717, 1.165) is 25.1 Å². The van der Waals surface area contributed by atoms with E-state index >= 15 is 0 Å². The Kier molecular flexibility index (Phi) is 3.94. The molecule has 0 aromatic heterocycles. The third-order valence-electron chi connectivity index (χ3n) is 4.53. The van der Waals surface area contributed by atoms with Gasteiger partial charge in [-0.05, 0) is 41.8 Å². The maximum absolute atomic E-state index is 11.7. The zero-order chi connectivity index (χ0) is 17.2. The van der Waals surface area contributed by atoms with Crippen LogP contribution in [-0.4, -0.2) is 24.9 Å². The van der Waals surface area contributed by atoms with Crippen LogP contribution in [0.4, 0.5) is 11.4 Å². The zero-order valence-corrected chi connectivity index (χ0v) is 13.8. The van der Waals surface area contributed by atoms with Crippen molar-refractivity contribution in [2.75, 3.05) is 22.9 Å². The van der Waals surface area contributed by atoms with Crippen LogP contribution >= 0.6 is 0 Å². The molecule has 4 heteroatoms. The molecule has 0 atom stereocenters. The van der Waals surface area contributed by atoms with Crippen molar-refractivity contribution in [1.29, 1.82) is 0 Å². The Labute approximate surface area is 146 Å². The van der Waals surface area contributed by atoms with E-state index in [1.807, 2.05) is 24.3 Å². The Hall–Kier alpha value is -3.14. The van der Waals surface area contributed by atoms with E-state index in [1.54, 1.807) is 0 Å². The summed E-state index contributed by atoms with van der Waals surface area (Å²) in [7, 11) is 0. The van der Waals surface area contributed by atoms with Crippen LogP contribution in [0.5, 0.6) is 0 Å². The number of imide groups is 1. The predicted molar refractivity (Wildman–Crippen MR) is 98.7 cm³/mol. The van der Waals surface area contributed by atoms with E-state index in [-0.39, 0.29) is 11.8 Å². The number of benzene rings is 2. The highest BCUT2D eigenvalue weighted by Gasteiger charge is 2.24. The molecule has 4 rings (SSSR count). The molecular formula is C21H18N2O2. The van der Waals surface area contributed by atoms with E-state index in [2.05, 4.69) is 41.3 Å². The molecule has 0 bridgehead atoms. The number of rotatable bonds is 4. The van der Waals surface area contributed by atoms with Gasteiger partial charge in [0.15, 0.2) is 0 Å². The van der Waals surface area contributed by atoms with Crippen LogP contribution in [0.15, 0.2) is 72.8 Å². The summed E-state index contributed by atoms with van der Waals surface area (Å²) in [5.41, 5.74) is 4.23. The van der Waals surface area contributed by atoms with Crippen LogP contribution < -0.4 is 9.80 Å². The standard InChI is InChI=1S/C21H18N2O2/c24-20-11-12-21(25)23(20)19-9-5-17(6-10-19)15-16-3-7-18(8-4-16)22-13-1-2-14-22/h1-12H,13-15H2. The average Bonchev–Trinajstić information content (AvgIpc) is 3.27. The summed E-state index contributed by atoms with van der Waals surface area (Å²) in [6.07, 6.45) is 7.78. The smallest absolute Gasteiger partial charge is 0.258 e. The van der Waals surface area contributed by atoms with Gasteiger partial charge in [0.1, 0.15) is 0 Å². The van der Waals surface area contributed by atoms with Gasteiger partial charge in [-0.2, -0.15) is 0 Å². The van der Waals surface area contributed by atoms with Gasteiger partial charge < -0.3 is 4.90 Å². The van der Waals surface area contributed by atoms with Gasteiger partial charge in [-0.15, -0.1) is 0 Å². The Bertz CT molecular complexity index is 838. The van der Waals surface area contributed by atoms with Gasteiger partial charge in [0.25, 0.3) is 11.8 Å². The Morgan fingerprint density at radius 2 is 1.16 bits per heavy atom. The molecule has 0 aliphatic carbocycles. The molecule has 0 spiro atoms. The number of anilines is 2. The molecule has 0 unspecified atom stereocenters. The third-order valence-corrected chi connectivity index (χ3v) is 4.53. The fourth-order valence-electron chi connectivity index (χ4n) is 3.17. The van der Waals surface area contributed by atoms with E-state index in [0.29, 0.717) is 5.69 Å². The van der Waals surface area contributed by atoms with Crippen molar-refractivity contribution in [3.63, 3.8) is 0 Å². The SMILES string of the molecule is O=C1C=CC(=O)N1c1ccc(Cc2ccc(N3CC=CC3)cc2)cc1. The summed E-state index contributed by atoms with van der Waals surface area (Å²) in [5, 5.41) is 0. The first kappa shape index (κ1) is 15.4. The largest absolute Gasteiger partial charge is 0.364 e. The molecule has 0 N–H and O–H groups in total. The topological polar surface area (TPSA) is 40.6 Å². The Balaban J connectivity index is 1.44. The number of carbonyl (C=O) groups excluding carboxylic acids is 2. The fourth-order valence-corrected chi connectivity index (χ4v) is 3.17. The molecule has 0 fully saturated rings. The van der Waals surface area contributed by atoms with Crippen LogP contribution in [0.1, 0.15) is 11.1 Å². The lowest BCUT2D eigenvalue weighted by atomic mass is 10.0. The van der Waals surface area contributed by atoms with Gasteiger partial charge in [0.05, 0.1) is 5.69 Å². The maximum Gasteiger partial charge on any atom is 0.258 e. The summed E-state index contributed by atoms with van der Waals surface area (Å²) in [5.74, 6) is -0.575. The fraction of sp³-hybridized carbons (Fsp3) is 0.143. The van der Waals surface area contributed by atoms with Crippen molar-refractivity contribution < 1.29 is 9.59 Å². The summed E-state index contributed by atoms with van der Waals surface area (Å²) < 4.78 is 0. The normalized spacial score (nSPS) is 16.3. The molecule has 0 radical (unpaired) electrons. The van der Waals surface area contributed by atoms with Crippen LogP contribution in [-0.2, 0) is 16.0 Å². The number of nitrogens with zero attached hydrogens (tertiary/aromatic N) is 2. The van der Waals surface area contributed by atoms with Gasteiger partial charge in [0.2, 0.25) is 0 Å². The molecule has 2 amide bonds. The van der Waals surface area contributed by atoms with E-state index in [4.69, 9.17) is 0 Å². The van der Waals surface area contributed by atoms with Crippen molar-refractivity contribution >= 4 is 23.2 Å². The molecule has 2 aliphatic heterocycles. The van der Waals surface area contributed by atoms with Crippen molar-refractivity contribution in [2.45, 2.75) is 6.42 Å². The number of hydrogen-bond donors (Lipinski definition) is 0. The second kappa shape index (κ2) is 6.40. The van der Waals surface area contributed by atoms with E-state index in [1.165, 1.54) is 28.3 Å². The van der Waals surface area contributed by atoms with Crippen LogP contribution in [0.3, 0.4) is 0 Å². The maximum atomic E-state index is 11.7. The molecule has 2 aromatic carbocycles.